The quantitative estimate of drug-likeness (QED) is 0.316. The number of carbonyl (C=O) groups is 3. The number of fused-ring (bicyclic) bond motifs is 1. The second-order valence-corrected chi connectivity index (χ2v) is 8.44. The largest absolute Gasteiger partial charge is 0.478 e. The summed E-state index contributed by atoms with van der Waals surface area (Å²) >= 11 is 0. The molecule has 5 rings (SSSR count). The number of carbonyl (C=O) groups excluding carboxylic acids is 2. The lowest BCUT2D eigenvalue weighted by Gasteiger charge is -2.19. The van der Waals surface area contributed by atoms with E-state index in [0.29, 0.717) is 5.69 Å². The molecule has 34 heavy (non-hydrogen) atoms. The SMILES string of the molecule is O=C(O)c1ccc2c(c1)C(=O)N(c1ccc(Nc3ccccc3)c(-c3ccccc3P)c1)C2=O. The van der Waals surface area contributed by atoms with Gasteiger partial charge < -0.3 is 10.4 Å². The van der Waals surface area contributed by atoms with Gasteiger partial charge in [0.15, 0.2) is 0 Å². The van der Waals surface area contributed by atoms with Gasteiger partial charge in [-0.25, -0.2) is 9.69 Å². The van der Waals surface area contributed by atoms with Crippen LogP contribution in [0.15, 0.2) is 91.0 Å². The molecule has 1 aliphatic heterocycles. The average Bonchev–Trinajstić information content (AvgIpc) is 3.10. The van der Waals surface area contributed by atoms with Gasteiger partial charge in [-0.3, -0.25) is 9.59 Å². The summed E-state index contributed by atoms with van der Waals surface area (Å²) in [5, 5.41) is 13.6. The van der Waals surface area contributed by atoms with E-state index in [1.165, 1.54) is 18.2 Å². The van der Waals surface area contributed by atoms with Crippen molar-refractivity contribution in [1.29, 1.82) is 0 Å². The maximum Gasteiger partial charge on any atom is 0.335 e. The minimum absolute atomic E-state index is 0.0400. The Morgan fingerprint density at radius 1 is 0.735 bits per heavy atom. The fourth-order valence-electron chi connectivity index (χ4n) is 4.03. The molecular weight excluding hydrogens is 447 g/mol. The summed E-state index contributed by atoms with van der Waals surface area (Å²) in [6.07, 6.45) is 0. The lowest BCUT2D eigenvalue weighted by Crippen LogP contribution is -2.29. The molecule has 1 atom stereocenters. The normalized spacial score (nSPS) is 12.6. The Hall–Kier alpha value is -4.28. The van der Waals surface area contributed by atoms with E-state index in [4.69, 9.17) is 0 Å². The van der Waals surface area contributed by atoms with Crippen molar-refractivity contribution in [1.82, 2.24) is 0 Å². The summed E-state index contributed by atoms with van der Waals surface area (Å²) < 4.78 is 0. The number of anilines is 3. The lowest BCUT2D eigenvalue weighted by atomic mass is 10.0. The van der Waals surface area contributed by atoms with Gasteiger partial charge >= 0.3 is 5.97 Å². The van der Waals surface area contributed by atoms with Crippen LogP contribution in [0.2, 0.25) is 0 Å². The molecule has 2 N–H and O–H groups in total. The molecule has 0 radical (unpaired) electrons. The molecule has 1 aliphatic rings. The van der Waals surface area contributed by atoms with Crippen molar-refractivity contribution >= 4 is 49.4 Å². The van der Waals surface area contributed by atoms with Gasteiger partial charge in [0, 0.05) is 16.9 Å². The third-order valence-electron chi connectivity index (χ3n) is 5.70. The number of aromatic carboxylic acids is 1. The second kappa shape index (κ2) is 8.58. The standard InChI is InChI=1S/C27H19N2O4P/c30-25-20-12-10-16(27(32)33)14-22(20)26(31)29(25)18-11-13-23(28-17-6-2-1-3-7-17)21(15-18)19-8-4-5-9-24(19)34/h1-15,28H,34H2,(H,32,33). The Balaban J connectivity index is 1.61. The maximum absolute atomic E-state index is 13.2. The van der Waals surface area contributed by atoms with Gasteiger partial charge in [-0.2, -0.15) is 0 Å². The Morgan fingerprint density at radius 2 is 1.44 bits per heavy atom. The maximum atomic E-state index is 13.2. The predicted octanol–water partition coefficient (Wildman–Crippen LogP) is 5.10. The molecule has 0 aromatic heterocycles. The van der Waals surface area contributed by atoms with Crippen molar-refractivity contribution in [2.45, 2.75) is 0 Å². The molecule has 166 valence electrons. The Bertz CT molecular complexity index is 1470. The third kappa shape index (κ3) is 3.74. The summed E-state index contributed by atoms with van der Waals surface area (Å²) in [5.41, 5.74) is 4.10. The zero-order valence-corrected chi connectivity index (χ0v) is 19.0. The first kappa shape index (κ1) is 21.6. The van der Waals surface area contributed by atoms with Gasteiger partial charge in [0.2, 0.25) is 0 Å². The summed E-state index contributed by atoms with van der Waals surface area (Å²) in [6.45, 7) is 0. The molecule has 0 fully saturated rings. The predicted molar refractivity (Wildman–Crippen MR) is 135 cm³/mol. The van der Waals surface area contributed by atoms with Crippen LogP contribution in [0.1, 0.15) is 31.1 Å². The van der Waals surface area contributed by atoms with Crippen molar-refractivity contribution in [3.63, 3.8) is 0 Å². The molecule has 4 aromatic rings. The van der Waals surface area contributed by atoms with Crippen molar-refractivity contribution in [3.8, 4) is 11.1 Å². The van der Waals surface area contributed by atoms with Crippen molar-refractivity contribution in [2.24, 2.45) is 0 Å². The highest BCUT2D eigenvalue weighted by atomic mass is 31.0. The van der Waals surface area contributed by atoms with Crippen LogP contribution in [-0.4, -0.2) is 22.9 Å². The van der Waals surface area contributed by atoms with Gasteiger partial charge in [0.1, 0.15) is 0 Å². The van der Waals surface area contributed by atoms with Crippen molar-refractivity contribution in [3.05, 3.63) is 108 Å². The zero-order valence-electron chi connectivity index (χ0n) is 17.9. The molecule has 6 nitrogen and oxygen atoms in total. The Labute approximate surface area is 198 Å². The van der Waals surface area contributed by atoms with Crippen LogP contribution in [0.3, 0.4) is 0 Å². The molecule has 0 saturated heterocycles. The van der Waals surface area contributed by atoms with Crippen LogP contribution in [-0.2, 0) is 0 Å². The molecular formula is C27H19N2O4P. The van der Waals surface area contributed by atoms with E-state index in [0.717, 1.165) is 32.7 Å². The first-order valence-electron chi connectivity index (χ1n) is 10.5. The van der Waals surface area contributed by atoms with E-state index < -0.39 is 17.8 Å². The number of hydrogen-bond acceptors (Lipinski definition) is 4. The van der Waals surface area contributed by atoms with Crippen LogP contribution >= 0.6 is 9.24 Å². The van der Waals surface area contributed by atoms with Gasteiger partial charge in [-0.15, -0.1) is 9.24 Å². The molecule has 2 amide bonds. The van der Waals surface area contributed by atoms with E-state index in [2.05, 4.69) is 14.6 Å². The number of nitrogens with one attached hydrogen (secondary N) is 1. The first-order chi connectivity index (χ1) is 16.4. The molecule has 0 aliphatic carbocycles. The fourth-order valence-corrected chi connectivity index (χ4v) is 4.39. The lowest BCUT2D eigenvalue weighted by molar-refractivity contribution is 0.0696. The highest BCUT2D eigenvalue weighted by molar-refractivity contribution is 7.28. The van der Waals surface area contributed by atoms with E-state index in [1.54, 1.807) is 12.1 Å². The van der Waals surface area contributed by atoms with Crippen LogP contribution < -0.4 is 15.5 Å². The number of benzene rings is 4. The number of para-hydroxylation sites is 1. The highest BCUT2D eigenvalue weighted by Gasteiger charge is 2.37. The summed E-state index contributed by atoms with van der Waals surface area (Å²) in [5.74, 6) is -2.18. The summed E-state index contributed by atoms with van der Waals surface area (Å²) in [7, 11) is 2.71. The topological polar surface area (TPSA) is 86.7 Å². The number of hydrogen-bond donors (Lipinski definition) is 2. The molecule has 4 aromatic carbocycles. The van der Waals surface area contributed by atoms with Crippen molar-refractivity contribution < 1.29 is 19.5 Å². The van der Waals surface area contributed by atoms with E-state index >= 15 is 0 Å². The number of carboxylic acid groups (broad SMARTS) is 1. The monoisotopic (exact) mass is 466 g/mol. The number of amides is 2. The van der Waals surface area contributed by atoms with Crippen LogP contribution in [0.5, 0.6) is 0 Å². The van der Waals surface area contributed by atoms with Gasteiger partial charge in [0.25, 0.3) is 11.8 Å². The Kier molecular flexibility index (Phi) is 5.44. The Morgan fingerprint density at radius 3 is 2.18 bits per heavy atom. The minimum atomic E-state index is -1.16. The number of nitrogens with zero attached hydrogens (tertiary/aromatic N) is 1. The van der Waals surface area contributed by atoms with Gasteiger partial charge in [0.05, 0.1) is 22.4 Å². The molecule has 7 heteroatoms. The second-order valence-electron chi connectivity index (χ2n) is 7.82. The molecule has 1 heterocycles. The van der Waals surface area contributed by atoms with Gasteiger partial charge in [-0.1, -0.05) is 42.5 Å². The van der Waals surface area contributed by atoms with Gasteiger partial charge in [-0.05, 0) is 59.4 Å². The molecule has 0 spiro atoms. The molecule has 0 bridgehead atoms. The number of carboxylic acids is 1. The van der Waals surface area contributed by atoms with Crippen molar-refractivity contribution in [2.75, 3.05) is 10.2 Å². The number of rotatable bonds is 5. The summed E-state index contributed by atoms with van der Waals surface area (Å²) in [4.78, 5) is 38.7. The highest BCUT2D eigenvalue weighted by Crippen LogP contribution is 2.37. The van der Waals surface area contributed by atoms with E-state index in [1.807, 2.05) is 60.7 Å². The van der Waals surface area contributed by atoms with E-state index in [-0.39, 0.29) is 16.7 Å². The fraction of sp³-hybridized carbons (Fsp3) is 0. The minimum Gasteiger partial charge on any atom is -0.478 e. The van der Waals surface area contributed by atoms with Crippen LogP contribution in [0, 0.1) is 0 Å². The van der Waals surface area contributed by atoms with Crippen LogP contribution in [0.25, 0.3) is 11.1 Å². The third-order valence-corrected chi connectivity index (χ3v) is 6.20. The number of imide groups is 1. The molecule has 1 unspecified atom stereocenters. The zero-order chi connectivity index (χ0) is 23.8. The van der Waals surface area contributed by atoms with E-state index in [9.17, 15) is 19.5 Å². The smallest absolute Gasteiger partial charge is 0.335 e. The average molecular weight is 466 g/mol. The van der Waals surface area contributed by atoms with Crippen LogP contribution in [0.4, 0.5) is 17.1 Å². The molecule has 0 saturated carbocycles. The first-order valence-corrected chi connectivity index (χ1v) is 11.1. The summed E-state index contributed by atoms with van der Waals surface area (Å²) in [6, 6.07) is 26.8.